The molecule has 1 saturated carbocycles. The van der Waals surface area contributed by atoms with E-state index in [-0.39, 0.29) is 19.1 Å². The molecule has 0 radical (unpaired) electrons. The van der Waals surface area contributed by atoms with Crippen LogP contribution in [0.1, 0.15) is 51.9 Å². The number of methoxy groups -OCH3 is 1. The van der Waals surface area contributed by atoms with Crippen molar-refractivity contribution in [1.29, 1.82) is 0 Å². The van der Waals surface area contributed by atoms with E-state index in [1.807, 2.05) is 0 Å². The number of carbonyl (C=O) groups excluding carboxylic acids is 1. The zero-order valence-electron chi connectivity index (χ0n) is 13.8. The minimum Gasteiger partial charge on any atom is -0.481 e. The molecule has 2 aliphatic rings. The van der Waals surface area contributed by atoms with Crippen LogP contribution in [0.5, 0.6) is 0 Å². The molecule has 1 heterocycles. The van der Waals surface area contributed by atoms with Gasteiger partial charge in [0.25, 0.3) is 0 Å². The van der Waals surface area contributed by atoms with Crippen LogP contribution in [0.3, 0.4) is 0 Å². The summed E-state index contributed by atoms with van der Waals surface area (Å²) in [6.07, 6.45) is 7.38. The van der Waals surface area contributed by atoms with Crippen LogP contribution in [0.25, 0.3) is 0 Å². The largest absolute Gasteiger partial charge is 0.481 e. The van der Waals surface area contributed by atoms with E-state index in [1.54, 1.807) is 4.90 Å². The summed E-state index contributed by atoms with van der Waals surface area (Å²) >= 11 is 0. The summed E-state index contributed by atoms with van der Waals surface area (Å²) in [5.41, 5.74) is -0.918. The van der Waals surface area contributed by atoms with Gasteiger partial charge in [0.1, 0.15) is 5.41 Å². The van der Waals surface area contributed by atoms with Crippen LogP contribution in [-0.4, -0.2) is 48.7 Å². The number of hydrogen-bond acceptors (Lipinski definition) is 3. The molecule has 5 heteroatoms. The average Bonchev–Trinajstić information content (AvgIpc) is 2.94. The molecule has 2 rings (SSSR count). The van der Waals surface area contributed by atoms with Gasteiger partial charge in [0.15, 0.2) is 0 Å². The molecule has 0 spiro atoms. The molecule has 0 aromatic carbocycles. The molecule has 2 unspecified atom stereocenters. The summed E-state index contributed by atoms with van der Waals surface area (Å²) < 4.78 is 5.08. The Morgan fingerprint density at radius 3 is 2.59 bits per heavy atom. The number of hydrogen-bond donors (Lipinski definition) is 1. The molecular formula is C17H29NO4. The zero-order chi connectivity index (χ0) is 16.2. The summed E-state index contributed by atoms with van der Waals surface area (Å²) in [6, 6.07) is 0. The molecule has 1 saturated heterocycles. The SMILES string of the molecule is COCC1(C(=O)O)CCN(C(=O)CC(C)C2CCCCC2)C1. The van der Waals surface area contributed by atoms with Crippen LogP contribution in [0.2, 0.25) is 0 Å². The maximum absolute atomic E-state index is 12.5. The molecule has 1 aliphatic carbocycles. The second kappa shape index (κ2) is 7.44. The van der Waals surface area contributed by atoms with Gasteiger partial charge >= 0.3 is 5.97 Å². The van der Waals surface area contributed by atoms with Gasteiger partial charge in [-0.2, -0.15) is 0 Å². The second-order valence-corrected chi connectivity index (χ2v) is 7.16. The Hall–Kier alpha value is -1.10. The van der Waals surface area contributed by atoms with Gasteiger partial charge in [0, 0.05) is 26.6 Å². The normalized spacial score (nSPS) is 27.8. The van der Waals surface area contributed by atoms with E-state index in [2.05, 4.69) is 6.92 Å². The molecule has 1 N–H and O–H groups in total. The van der Waals surface area contributed by atoms with Crippen LogP contribution in [0, 0.1) is 17.3 Å². The molecule has 0 aromatic heterocycles. The molecule has 2 atom stereocenters. The first-order valence-electron chi connectivity index (χ1n) is 8.48. The standard InChI is InChI=1S/C17H29NO4/c1-13(14-6-4-3-5-7-14)10-15(19)18-9-8-17(11-18,12-22-2)16(20)21/h13-14H,3-12H2,1-2H3,(H,20,21). The van der Waals surface area contributed by atoms with Crippen molar-refractivity contribution in [1.82, 2.24) is 4.90 Å². The summed E-state index contributed by atoms with van der Waals surface area (Å²) in [7, 11) is 1.51. The number of amides is 1. The first-order valence-corrected chi connectivity index (χ1v) is 8.48. The minimum atomic E-state index is -0.918. The monoisotopic (exact) mass is 311 g/mol. The number of ether oxygens (including phenoxy) is 1. The van der Waals surface area contributed by atoms with Crippen LogP contribution >= 0.6 is 0 Å². The predicted octanol–water partition coefficient (Wildman–Crippen LogP) is 2.54. The first kappa shape index (κ1) is 17.3. The van der Waals surface area contributed by atoms with Gasteiger partial charge in [0.05, 0.1) is 6.61 Å². The Bertz CT molecular complexity index is 405. The van der Waals surface area contributed by atoms with E-state index < -0.39 is 11.4 Å². The van der Waals surface area contributed by atoms with Gasteiger partial charge in [-0.3, -0.25) is 9.59 Å². The van der Waals surface area contributed by atoms with E-state index in [0.29, 0.717) is 31.2 Å². The van der Waals surface area contributed by atoms with Crippen molar-refractivity contribution in [3.8, 4) is 0 Å². The molecular weight excluding hydrogens is 282 g/mol. The number of rotatable bonds is 6. The lowest BCUT2D eigenvalue weighted by atomic mass is 9.79. The van der Waals surface area contributed by atoms with Crippen LogP contribution in [-0.2, 0) is 14.3 Å². The highest BCUT2D eigenvalue weighted by Gasteiger charge is 2.46. The third-order valence-electron chi connectivity index (χ3n) is 5.53. The van der Waals surface area contributed by atoms with E-state index in [1.165, 1.54) is 39.2 Å². The highest BCUT2D eigenvalue weighted by Crippen LogP contribution is 2.34. The summed E-state index contributed by atoms with van der Waals surface area (Å²) in [5, 5.41) is 9.46. The van der Waals surface area contributed by atoms with Gasteiger partial charge in [-0.25, -0.2) is 0 Å². The smallest absolute Gasteiger partial charge is 0.313 e. The van der Waals surface area contributed by atoms with E-state index in [4.69, 9.17) is 4.74 Å². The van der Waals surface area contributed by atoms with E-state index in [9.17, 15) is 14.7 Å². The van der Waals surface area contributed by atoms with E-state index >= 15 is 0 Å². The highest BCUT2D eigenvalue weighted by molar-refractivity contribution is 5.81. The van der Waals surface area contributed by atoms with Crippen molar-refractivity contribution in [3.63, 3.8) is 0 Å². The number of likely N-dealkylation sites (tertiary alicyclic amines) is 1. The lowest BCUT2D eigenvalue weighted by Crippen LogP contribution is -2.40. The summed E-state index contributed by atoms with van der Waals surface area (Å²) in [4.78, 5) is 25.8. The maximum atomic E-state index is 12.5. The van der Waals surface area contributed by atoms with Crippen LogP contribution in [0.4, 0.5) is 0 Å². The predicted molar refractivity (Wildman–Crippen MR) is 83.5 cm³/mol. The van der Waals surface area contributed by atoms with Crippen molar-refractivity contribution in [2.45, 2.75) is 51.9 Å². The summed E-state index contributed by atoms with van der Waals surface area (Å²) in [5.74, 6) is 0.306. The van der Waals surface area contributed by atoms with Crippen LogP contribution in [0.15, 0.2) is 0 Å². The molecule has 126 valence electrons. The molecule has 5 nitrogen and oxygen atoms in total. The number of aliphatic carboxylic acids is 1. The molecule has 1 aliphatic heterocycles. The Morgan fingerprint density at radius 2 is 2.00 bits per heavy atom. The fourth-order valence-electron chi connectivity index (χ4n) is 3.99. The molecule has 22 heavy (non-hydrogen) atoms. The Kier molecular flexibility index (Phi) is 5.84. The average molecular weight is 311 g/mol. The van der Waals surface area contributed by atoms with Crippen LogP contribution < -0.4 is 0 Å². The Balaban J connectivity index is 1.89. The third kappa shape index (κ3) is 3.80. The minimum absolute atomic E-state index is 0.109. The first-order chi connectivity index (χ1) is 10.5. The second-order valence-electron chi connectivity index (χ2n) is 7.16. The number of carbonyl (C=O) groups is 2. The van der Waals surface area contributed by atoms with Gasteiger partial charge in [0.2, 0.25) is 5.91 Å². The van der Waals surface area contributed by atoms with Gasteiger partial charge in [-0.1, -0.05) is 39.0 Å². The number of carboxylic acid groups (broad SMARTS) is 1. The Morgan fingerprint density at radius 1 is 1.32 bits per heavy atom. The van der Waals surface area contributed by atoms with Crippen molar-refractivity contribution in [3.05, 3.63) is 0 Å². The van der Waals surface area contributed by atoms with Crippen molar-refractivity contribution in [2.75, 3.05) is 26.8 Å². The molecule has 0 bridgehead atoms. The lowest BCUT2D eigenvalue weighted by molar-refractivity contribution is -0.151. The lowest BCUT2D eigenvalue weighted by Gasteiger charge is -2.29. The zero-order valence-corrected chi connectivity index (χ0v) is 13.8. The molecule has 1 amide bonds. The van der Waals surface area contributed by atoms with E-state index in [0.717, 1.165) is 0 Å². The Labute approximate surface area is 133 Å². The summed E-state index contributed by atoms with van der Waals surface area (Å²) in [6.45, 7) is 3.16. The van der Waals surface area contributed by atoms with Crippen molar-refractivity contribution in [2.24, 2.45) is 17.3 Å². The fourth-order valence-corrected chi connectivity index (χ4v) is 3.99. The number of nitrogens with zero attached hydrogens (tertiary/aromatic N) is 1. The van der Waals surface area contributed by atoms with Gasteiger partial charge in [-0.05, 0) is 18.3 Å². The molecule has 2 fully saturated rings. The van der Waals surface area contributed by atoms with Crippen molar-refractivity contribution < 1.29 is 19.4 Å². The third-order valence-corrected chi connectivity index (χ3v) is 5.53. The maximum Gasteiger partial charge on any atom is 0.313 e. The van der Waals surface area contributed by atoms with Crippen molar-refractivity contribution >= 4 is 11.9 Å². The highest BCUT2D eigenvalue weighted by atomic mass is 16.5. The topological polar surface area (TPSA) is 66.8 Å². The fraction of sp³-hybridized carbons (Fsp3) is 0.882. The quantitative estimate of drug-likeness (QED) is 0.818. The van der Waals surface area contributed by atoms with Gasteiger partial charge < -0.3 is 14.7 Å². The van der Waals surface area contributed by atoms with Gasteiger partial charge in [-0.15, -0.1) is 0 Å². The number of carboxylic acids is 1. The molecule has 0 aromatic rings.